The summed E-state index contributed by atoms with van der Waals surface area (Å²) in [5.74, 6) is 0.422. The largest absolute Gasteiger partial charge is 0.462 e. The van der Waals surface area contributed by atoms with Gasteiger partial charge in [-0.05, 0) is 43.3 Å². The molecule has 0 aliphatic heterocycles. The minimum atomic E-state index is -0.329. The second kappa shape index (κ2) is 7.92. The van der Waals surface area contributed by atoms with Crippen LogP contribution in [0, 0.1) is 0 Å². The number of hydrogen-bond acceptors (Lipinski definition) is 4. The maximum absolute atomic E-state index is 11.8. The fourth-order valence-electron chi connectivity index (χ4n) is 2.98. The number of benzene rings is 3. The van der Waals surface area contributed by atoms with E-state index in [1.54, 1.807) is 19.1 Å². The van der Waals surface area contributed by atoms with Gasteiger partial charge in [-0.3, -0.25) is 0 Å². The Morgan fingerprint density at radius 1 is 0.929 bits per heavy atom. The highest BCUT2D eigenvalue weighted by Crippen LogP contribution is 2.22. The molecular formula is C24H19NO3. The van der Waals surface area contributed by atoms with Gasteiger partial charge in [0.1, 0.15) is 11.3 Å². The number of fused-ring (bicyclic) bond motifs is 1. The average molecular weight is 369 g/mol. The standard InChI is InChI=1S/C24H19NO3/c1-2-27-24(26)18-12-14-19(15-13-18)25-21-16-23(17-8-4-3-5-9-17)28-22-11-7-6-10-20(21)22/h3-16H,2H2,1H3. The van der Waals surface area contributed by atoms with Gasteiger partial charge >= 0.3 is 5.97 Å². The molecule has 1 heterocycles. The van der Waals surface area contributed by atoms with Crippen molar-refractivity contribution in [3.63, 3.8) is 0 Å². The van der Waals surface area contributed by atoms with Gasteiger partial charge in [-0.25, -0.2) is 9.79 Å². The molecule has 0 N–H and O–H groups in total. The molecule has 0 radical (unpaired) electrons. The van der Waals surface area contributed by atoms with E-state index in [9.17, 15) is 4.79 Å². The number of ether oxygens (including phenoxy) is 1. The van der Waals surface area contributed by atoms with Crippen LogP contribution in [-0.2, 0) is 4.74 Å². The summed E-state index contributed by atoms with van der Waals surface area (Å²) in [5.41, 5.74) is 3.02. The highest BCUT2D eigenvalue weighted by molar-refractivity contribution is 5.89. The van der Waals surface area contributed by atoms with Gasteiger partial charge in [-0.15, -0.1) is 0 Å². The van der Waals surface area contributed by atoms with Gasteiger partial charge in [0.25, 0.3) is 0 Å². The number of carbonyl (C=O) groups excluding carboxylic acids is 1. The minimum Gasteiger partial charge on any atom is -0.462 e. The Kier molecular flexibility index (Phi) is 5.02. The second-order valence-corrected chi connectivity index (χ2v) is 6.24. The molecule has 4 rings (SSSR count). The van der Waals surface area contributed by atoms with E-state index in [0.29, 0.717) is 12.2 Å². The lowest BCUT2D eigenvalue weighted by molar-refractivity contribution is 0.0526. The Hall–Kier alpha value is -3.66. The molecule has 0 amide bonds. The van der Waals surface area contributed by atoms with Crippen LogP contribution in [0.15, 0.2) is 94.3 Å². The summed E-state index contributed by atoms with van der Waals surface area (Å²) in [7, 11) is 0. The first-order valence-electron chi connectivity index (χ1n) is 9.15. The summed E-state index contributed by atoms with van der Waals surface area (Å²) in [5, 5.41) is 1.74. The van der Waals surface area contributed by atoms with Crippen LogP contribution in [0.2, 0.25) is 0 Å². The van der Waals surface area contributed by atoms with E-state index in [4.69, 9.17) is 14.1 Å². The van der Waals surface area contributed by atoms with E-state index in [1.165, 1.54) is 0 Å². The summed E-state index contributed by atoms with van der Waals surface area (Å²) in [6, 6.07) is 26.8. The molecule has 0 unspecified atom stereocenters. The summed E-state index contributed by atoms with van der Waals surface area (Å²) < 4.78 is 11.1. The SMILES string of the molecule is CCOC(=O)c1ccc(N=c2cc(-c3ccccc3)oc3ccccc23)cc1. The molecule has 28 heavy (non-hydrogen) atoms. The number of nitrogens with zero attached hydrogens (tertiary/aromatic N) is 1. The van der Waals surface area contributed by atoms with Gasteiger partial charge in [-0.2, -0.15) is 0 Å². The lowest BCUT2D eigenvalue weighted by Crippen LogP contribution is -2.04. The van der Waals surface area contributed by atoms with Gasteiger partial charge in [0, 0.05) is 17.0 Å². The molecule has 0 fully saturated rings. The first-order valence-corrected chi connectivity index (χ1v) is 9.15. The predicted molar refractivity (Wildman–Crippen MR) is 109 cm³/mol. The lowest BCUT2D eigenvalue weighted by Gasteiger charge is -2.05. The lowest BCUT2D eigenvalue weighted by atomic mass is 10.1. The Morgan fingerprint density at radius 3 is 2.39 bits per heavy atom. The number of hydrogen-bond donors (Lipinski definition) is 0. The smallest absolute Gasteiger partial charge is 0.338 e. The fraction of sp³-hybridized carbons (Fsp3) is 0.0833. The first kappa shape index (κ1) is 17.7. The maximum atomic E-state index is 11.8. The van der Waals surface area contributed by atoms with Gasteiger partial charge in [0.2, 0.25) is 0 Å². The minimum absolute atomic E-state index is 0.329. The zero-order chi connectivity index (χ0) is 19.3. The fourth-order valence-corrected chi connectivity index (χ4v) is 2.98. The molecule has 0 aliphatic carbocycles. The Bertz CT molecular complexity index is 1180. The third-order valence-corrected chi connectivity index (χ3v) is 4.34. The molecule has 1 aromatic heterocycles. The van der Waals surface area contributed by atoms with Crippen LogP contribution in [0.25, 0.3) is 22.3 Å². The molecule has 0 spiro atoms. The van der Waals surface area contributed by atoms with Crippen molar-refractivity contribution in [1.29, 1.82) is 0 Å². The molecule has 0 atom stereocenters. The van der Waals surface area contributed by atoms with Crippen LogP contribution in [0.5, 0.6) is 0 Å². The predicted octanol–water partition coefficient (Wildman–Crippen LogP) is 5.51. The third kappa shape index (κ3) is 3.71. The molecule has 0 bridgehead atoms. The zero-order valence-electron chi connectivity index (χ0n) is 15.5. The van der Waals surface area contributed by atoms with Crippen LogP contribution in [-0.4, -0.2) is 12.6 Å². The number of para-hydroxylation sites is 1. The Balaban J connectivity index is 1.82. The summed E-state index contributed by atoms with van der Waals surface area (Å²) >= 11 is 0. The van der Waals surface area contributed by atoms with Crippen LogP contribution in [0.3, 0.4) is 0 Å². The topological polar surface area (TPSA) is 51.8 Å². The number of carbonyl (C=O) groups is 1. The van der Waals surface area contributed by atoms with E-state index in [1.807, 2.05) is 72.8 Å². The van der Waals surface area contributed by atoms with E-state index >= 15 is 0 Å². The van der Waals surface area contributed by atoms with Crippen LogP contribution in [0.1, 0.15) is 17.3 Å². The van der Waals surface area contributed by atoms with Crippen molar-refractivity contribution in [3.05, 3.63) is 95.8 Å². The third-order valence-electron chi connectivity index (χ3n) is 4.34. The number of esters is 1. The van der Waals surface area contributed by atoms with Crippen molar-refractivity contribution in [1.82, 2.24) is 0 Å². The van der Waals surface area contributed by atoms with Crippen molar-refractivity contribution in [2.45, 2.75) is 6.92 Å². The summed E-state index contributed by atoms with van der Waals surface area (Å²) in [4.78, 5) is 16.6. The maximum Gasteiger partial charge on any atom is 0.338 e. The molecular weight excluding hydrogens is 350 g/mol. The van der Waals surface area contributed by atoms with E-state index in [0.717, 1.165) is 33.3 Å². The Labute approximate surface area is 162 Å². The number of rotatable bonds is 4. The zero-order valence-corrected chi connectivity index (χ0v) is 15.5. The van der Waals surface area contributed by atoms with Crippen LogP contribution < -0.4 is 5.36 Å². The average Bonchev–Trinajstić information content (AvgIpc) is 2.75. The Morgan fingerprint density at radius 2 is 1.64 bits per heavy atom. The van der Waals surface area contributed by atoms with Crippen molar-refractivity contribution in [2.24, 2.45) is 4.99 Å². The van der Waals surface area contributed by atoms with Crippen molar-refractivity contribution >= 4 is 22.6 Å². The van der Waals surface area contributed by atoms with Crippen LogP contribution >= 0.6 is 0 Å². The molecule has 3 aromatic carbocycles. The molecule has 0 saturated carbocycles. The van der Waals surface area contributed by atoms with Gasteiger partial charge in [-0.1, -0.05) is 42.5 Å². The van der Waals surface area contributed by atoms with Gasteiger partial charge in [0.05, 0.1) is 23.2 Å². The molecule has 0 saturated heterocycles. The first-order chi connectivity index (χ1) is 13.7. The van der Waals surface area contributed by atoms with Crippen molar-refractivity contribution < 1.29 is 13.9 Å². The molecule has 0 aliphatic rings. The van der Waals surface area contributed by atoms with E-state index in [-0.39, 0.29) is 5.97 Å². The monoisotopic (exact) mass is 369 g/mol. The second-order valence-electron chi connectivity index (χ2n) is 6.24. The molecule has 138 valence electrons. The van der Waals surface area contributed by atoms with E-state index < -0.39 is 0 Å². The van der Waals surface area contributed by atoms with Gasteiger partial charge < -0.3 is 9.15 Å². The normalized spacial score (nSPS) is 11.5. The molecule has 4 heteroatoms. The summed E-state index contributed by atoms with van der Waals surface area (Å²) in [6.45, 7) is 2.14. The highest BCUT2D eigenvalue weighted by atomic mass is 16.5. The van der Waals surface area contributed by atoms with Gasteiger partial charge in [0.15, 0.2) is 0 Å². The highest BCUT2D eigenvalue weighted by Gasteiger charge is 2.07. The van der Waals surface area contributed by atoms with Crippen molar-refractivity contribution in [3.8, 4) is 11.3 Å². The molecule has 4 aromatic rings. The molecule has 4 nitrogen and oxygen atoms in total. The van der Waals surface area contributed by atoms with Crippen LogP contribution in [0.4, 0.5) is 5.69 Å². The van der Waals surface area contributed by atoms with E-state index in [2.05, 4.69) is 0 Å². The summed E-state index contributed by atoms with van der Waals surface area (Å²) in [6.07, 6.45) is 0. The quantitative estimate of drug-likeness (QED) is 0.446. The van der Waals surface area contributed by atoms with Crippen molar-refractivity contribution in [2.75, 3.05) is 6.61 Å².